The molecule has 1 aliphatic rings. The third-order valence-corrected chi connectivity index (χ3v) is 5.60. The van der Waals surface area contributed by atoms with Crippen LogP contribution in [0, 0.1) is 11.3 Å². The predicted octanol–water partition coefficient (Wildman–Crippen LogP) is 2.18. The fourth-order valence-electron chi connectivity index (χ4n) is 4.02. The number of nitrogens with zero attached hydrogens (tertiary/aromatic N) is 2. The summed E-state index contributed by atoms with van der Waals surface area (Å²) in [6.45, 7) is -0.170. The van der Waals surface area contributed by atoms with Crippen LogP contribution in [0.2, 0.25) is 0 Å². The van der Waals surface area contributed by atoms with Gasteiger partial charge in [-0.15, -0.1) is 0 Å². The van der Waals surface area contributed by atoms with E-state index in [4.69, 9.17) is 24.7 Å². The molecule has 37 heavy (non-hydrogen) atoms. The summed E-state index contributed by atoms with van der Waals surface area (Å²) in [5.74, 6) is -2.98. The van der Waals surface area contributed by atoms with Gasteiger partial charge in [0.15, 0.2) is 0 Å². The number of hydrogen-bond acceptors (Lipinski definition) is 10. The summed E-state index contributed by atoms with van der Waals surface area (Å²) in [6, 6.07) is 15.3. The number of nitrogens with one attached hydrogen (secondary N) is 1. The minimum Gasteiger partial charge on any atom is -0.494 e. The van der Waals surface area contributed by atoms with Crippen molar-refractivity contribution in [3.8, 4) is 11.8 Å². The van der Waals surface area contributed by atoms with Crippen molar-refractivity contribution >= 4 is 29.2 Å². The van der Waals surface area contributed by atoms with Gasteiger partial charge in [-0.2, -0.15) is 5.26 Å². The van der Waals surface area contributed by atoms with Crippen LogP contribution in [0.5, 0.6) is 5.75 Å². The second-order valence-electron chi connectivity index (χ2n) is 7.70. The number of methoxy groups -OCH3 is 4. The van der Waals surface area contributed by atoms with Crippen molar-refractivity contribution in [2.45, 2.75) is 5.92 Å². The number of allylic oxidation sites excluding steroid dienone is 1. The maximum absolute atomic E-state index is 13.1. The van der Waals surface area contributed by atoms with Gasteiger partial charge in [-0.1, -0.05) is 30.3 Å². The van der Waals surface area contributed by atoms with Crippen LogP contribution in [-0.2, 0) is 28.6 Å². The molecule has 0 aliphatic carbocycles. The SMILES string of the molecule is COCC(=O)Nc1ccc(N2C(N)=C(C#N)C(c3ccccc3)C(C(=O)OC)=C2C(=O)OC)cc1OC. The van der Waals surface area contributed by atoms with Crippen molar-refractivity contribution in [2.75, 3.05) is 45.3 Å². The van der Waals surface area contributed by atoms with Gasteiger partial charge in [-0.25, -0.2) is 9.59 Å². The number of hydrogen-bond donors (Lipinski definition) is 2. The van der Waals surface area contributed by atoms with E-state index in [1.807, 2.05) is 0 Å². The summed E-state index contributed by atoms with van der Waals surface area (Å²) in [4.78, 5) is 39.5. The molecule has 0 bridgehead atoms. The Labute approximate surface area is 213 Å². The smallest absolute Gasteiger partial charge is 0.355 e. The van der Waals surface area contributed by atoms with Crippen LogP contribution in [0.15, 0.2) is 71.2 Å². The highest BCUT2D eigenvalue weighted by Gasteiger charge is 2.43. The van der Waals surface area contributed by atoms with Crippen LogP contribution >= 0.6 is 0 Å². The zero-order chi connectivity index (χ0) is 27.1. The molecular weight excluding hydrogens is 480 g/mol. The summed E-state index contributed by atoms with van der Waals surface area (Å²) < 4.78 is 20.3. The largest absolute Gasteiger partial charge is 0.494 e. The quantitative estimate of drug-likeness (QED) is 0.509. The number of amides is 1. The fraction of sp³-hybridized carbons (Fsp3) is 0.231. The average molecular weight is 507 g/mol. The zero-order valence-electron chi connectivity index (χ0n) is 20.7. The highest BCUT2D eigenvalue weighted by molar-refractivity contribution is 6.06. The maximum atomic E-state index is 13.1. The van der Waals surface area contributed by atoms with Gasteiger partial charge >= 0.3 is 11.9 Å². The Balaban J connectivity index is 2.30. The number of nitriles is 1. The van der Waals surface area contributed by atoms with Gasteiger partial charge in [0.2, 0.25) is 5.91 Å². The van der Waals surface area contributed by atoms with E-state index in [0.29, 0.717) is 11.3 Å². The first-order valence-corrected chi connectivity index (χ1v) is 10.9. The third-order valence-electron chi connectivity index (χ3n) is 5.60. The molecule has 3 N–H and O–H groups in total. The van der Waals surface area contributed by atoms with Crippen molar-refractivity contribution in [1.29, 1.82) is 5.26 Å². The van der Waals surface area contributed by atoms with E-state index in [9.17, 15) is 19.6 Å². The first-order chi connectivity index (χ1) is 17.8. The third kappa shape index (κ3) is 5.24. The highest BCUT2D eigenvalue weighted by atomic mass is 16.5. The highest BCUT2D eigenvalue weighted by Crippen LogP contribution is 2.44. The van der Waals surface area contributed by atoms with Crippen LogP contribution in [0.1, 0.15) is 11.5 Å². The van der Waals surface area contributed by atoms with Gasteiger partial charge in [0.25, 0.3) is 0 Å². The number of carbonyl (C=O) groups is 3. The number of benzene rings is 2. The van der Waals surface area contributed by atoms with E-state index in [1.165, 1.54) is 44.4 Å². The topological polar surface area (TPSA) is 153 Å². The number of ether oxygens (including phenoxy) is 4. The van der Waals surface area contributed by atoms with E-state index in [-0.39, 0.29) is 40.7 Å². The monoisotopic (exact) mass is 506 g/mol. The summed E-state index contributed by atoms with van der Waals surface area (Å²) in [5.41, 5.74) is 7.31. The second-order valence-corrected chi connectivity index (χ2v) is 7.70. The molecule has 2 aromatic carbocycles. The van der Waals surface area contributed by atoms with Crippen LogP contribution in [0.4, 0.5) is 11.4 Å². The molecule has 0 saturated heterocycles. The van der Waals surface area contributed by atoms with Crippen molar-refractivity contribution in [3.05, 3.63) is 76.8 Å². The molecule has 1 aliphatic heterocycles. The average Bonchev–Trinajstić information content (AvgIpc) is 2.92. The number of rotatable bonds is 8. The Bertz CT molecular complexity index is 1310. The van der Waals surface area contributed by atoms with Gasteiger partial charge in [-0.3, -0.25) is 9.69 Å². The molecule has 1 amide bonds. The van der Waals surface area contributed by atoms with Gasteiger partial charge in [-0.05, 0) is 17.7 Å². The molecule has 0 fully saturated rings. The zero-order valence-corrected chi connectivity index (χ0v) is 20.7. The number of nitrogens with two attached hydrogens (primary N) is 1. The standard InChI is InChI=1S/C26H26N4O7/c1-34-14-20(31)29-18-11-10-16(12-19(18)35-2)30-23(26(33)37-4)22(25(32)36-3)21(17(13-27)24(30)28)15-8-6-5-7-9-15/h5-12,21H,14,28H2,1-4H3,(H,29,31). The Morgan fingerprint density at radius 3 is 2.27 bits per heavy atom. The summed E-state index contributed by atoms with van der Waals surface area (Å²) in [6.07, 6.45) is 0. The molecule has 192 valence electrons. The molecule has 0 aromatic heterocycles. The van der Waals surface area contributed by atoms with Crippen molar-refractivity contribution in [2.24, 2.45) is 5.73 Å². The van der Waals surface area contributed by atoms with Crippen LogP contribution in [0.25, 0.3) is 0 Å². The normalized spacial score (nSPS) is 15.1. The summed E-state index contributed by atoms with van der Waals surface area (Å²) >= 11 is 0. The van der Waals surface area contributed by atoms with E-state index in [0.717, 1.165) is 7.11 Å². The molecule has 1 unspecified atom stereocenters. The lowest BCUT2D eigenvalue weighted by Crippen LogP contribution is -2.40. The summed E-state index contributed by atoms with van der Waals surface area (Å²) in [5, 5.41) is 12.8. The molecular formula is C26H26N4O7. The lowest BCUT2D eigenvalue weighted by atomic mass is 9.81. The molecule has 0 saturated carbocycles. The predicted molar refractivity (Wildman–Crippen MR) is 133 cm³/mol. The Morgan fingerprint density at radius 2 is 1.70 bits per heavy atom. The first kappa shape index (κ1) is 26.8. The number of anilines is 2. The molecule has 2 aromatic rings. The molecule has 11 heteroatoms. The molecule has 0 radical (unpaired) electrons. The van der Waals surface area contributed by atoms with Crippen LogP contribution in [-0.4, -0.2) is 52.9 Å². The van der Waals surface area contributed by atoms with Crippen LogP contribution in [0.3, 0.4) is 0 Å². The van der Waals surface area contributed by atoms with E-state index >= 15 is 0 Å². The fourth-order valence-corrected chi connectivity index (χ4v) is 4.02. The Hall–Kier alpha value is -4.82. The van der Waals surface area contributed by atoms with Gasteiger partial charge in [0.1, 0.15) is 23.9 Å². The van der Waals surface area contributed by atoms with E-state index in [2.05, 4.69) is 11.4 Å². The van der Waals surface area contributed by atoms with E-state index in [1.54, 1.807) is 30.3 Å². The van der Waals surface area contributed by atoms with E-state index < -0.39 is 23.8 Å². The Kier molecular flexibility index (Phi) is 8.50. The molecule has 0 spiro atoms. The summed E-state index contributed by atoms with van der Waals surface area (Å²) in [7, 11) is 5.11. The van der Waals surface area contributed by atoms with Gasteiger partial charge in [0, 0.05) is 13.2 Å². The minimum absolute atomic E-state index is 0.0238. The second kappa shape index (κ2) is 11.7. The van der Waals surface area contributed by atoms with Gasteiger partial charge in [0.05, 0.1) is 55.8 Å². The number of esters is 2. The molecule has 1 heterocycles. The number of carbonyl (C=O) groups excluding carboxylic acids is 3. The lowest BCUT2D eigenvalue weighted by Gasteiger charge is -2.36. The van der Waals surface area contributed by atoms with Crippen LogP contribution < -0.4 is 20.7 Å². The Morgan fingerprint density at radius 1 is 1.03 bits per heavy atom. The van der Waals surface area contributed by atoms with Crippen molar-refractivity contribution < 1.29 is 33.3 Å². The first-order valence-electron chi connectivity index (χ1n) is 10.9. The van der Waals surface area contributed by atoms with Crippen molar-refractivity contribution in [3.63, 3.8) is 0 Å². The lowest BCUT2D eigenvalue weighted by molar-refractivity contribution is -0.139. The maximum Gasteiger partial charge on any atom is 0.355 e. The molecule has 1 atom stereocenters. The minimum atomic E-state index is -0.987. The molecule has 11 nitrogen and oxygen atoms in total. The molecule has 3 rings (SSSR count). The van der Waals surface area contributed by atoms with Crippen molar-refractivity contribution in [1.82, 2.24) is 0 Å². The van der Waals surface area contributed by atoms with Gasteiger partial charge < -0.3 is 30.0 Å².